The van der Waals surface area contributed by atoms with Crippen molar-refractivity contribution in [1.29, 1.82) is 0 Å². The number of terminal acetylenes is 2. The smallest absolute Gasteiger partial charge is 0.227 e. The normalized spacial score (nSPS) is 18.9. The van der Waals surface area contributed by atoms with Crippen molar-refractivity contribution in [2.45, 2.75) is 12.8 Å². The van der Waals surface area contributed by atoms with Crippen molar-refractivity contribution in [2.24, 2.45) is 0 Å². The highest BCUT2D eigenvalue weighted by Gasteiger charge is 2.23. The van der Waals surface area contributed by atoms with Crippen molar-refractivity contribution >= 4 is 23.4 Å². The lowest BCUT2D eigenvalue weighted by molar-refractivity contribution is 0.261. The Kier molecular flexibility index (Phi) is 7.18. The average molecular weight is 387 g/mol. The van der Waals surface area contributed by atoms with E-state index in [1.54, 1.807) is 6.20 Å². The molecule has 0 amide bonds. The van der Waals surface area contributed by atoms with E-state index in [-0.39, 0.29) is 0 Å². The van der Waals surface area contributed by atoms with Crippen LogP contribution in [0.4, 0.5) is 11.8 Å². The molecule has 2 aliphatic heterocycles. The fourth-order valence-electron chi connectivity index (χ4n) is 3.52. The molecule has 2 aliphatic rings. The predicted molar refractivity (Wildman–Crippen MR) is 111 cm³/mol. The van der Waals surface area contributed by atoms with Gasteiger partial charge in [0.2, 0.25) is 5.95 Å². The maximum absolute atomic E-state index is 6.42. The number of hydrogen-bond acceptors (Lipinski definition) is 6. The number of aromatic nitrogens is 2. The number of hydrogen-bond donors (Lipinski definition) is 0. The topological polar surface area (TPSA) is 38.7 Å². The summed E-state index contributed by atoms with van der Waals surface area (Å²) in [5, 5.41) is 0.614. The van der Waals surface area contributed by atoms with Gasteiger partial charge in [-0.25, -0.2) is 4.98 Å². The molecule has 0 unspecified atom stereocenters. The first-order valence-electron chi connectivity index (χ1n) is 9.55. The van der Waals surface area contributed by atoms with E-state index in [0.29, 0.717) is 5.02 Å². The van der Waals surface area contributed by atoms with Gasteiger partial charge < -0.3 is 9.80 Å². The third kappa shape index (κ3) is 5.26. The zero-order valence-corrected chi connectivity index (χ0v) is 16.5. The molecule has 0 N–H and O–H groups in total. The van der Waals surface area contributed by atoms with Crippen molar-refractivity contribution in [1.82, 2.24) is 19.8 Å². The minimum absolute atomic E-state index is 0.614. The summed E-state index contributed by atoms with van der Waals surface area (Å²) in [5.74, 6) is 7.02. The maximum atomic E-state index is 6.42. The molecule has 3 rings (SSSR count). The van der Waals surface area contributed by atoms with Crippen LogP contribution in [0.25, 0.3) is 0 Å². The van der Waals surface area contributed by atoms with Crippen molar-refractivity contribution < 1.29 is 0 Å². The summed E-state index contributed by atoms with van der Waals surface area (Å²) in [5.41, 5.74) is 0. The number of halogens is 1. The molecule has 0 saturated carbocycles. The van der Waals surface area contributed by atoms with Crippen molar-refractivity contribution in [3.63, 3.8) is 0 Å². The van der Waals surface area contributed by atoms with E-state index in [2.05, 4.69) is 36.4 Å². The van der Waals surface area contributed by atoms with E-state index in [1.165, 1.54) is 0 Å². The van der Waals surface area contributed by atoms with Crippen LogP contribution in [0.1, 0.15) is 12.8 Å². The summed E-state index contributed by atoms with van der Waals surface area (Å²) >= 11 is 6.42. The largest absolute Gasteiger partial charge is 0.353 e. The van der Waals surface area contributed by atoms with Crippen LogP contribution in [0.15, 0.2) is 6.20 Å². The number of anilines is 2. The Hall–Kier alpha value is -1.99. The van der Waals surface area contributed by atoms with Crippen LogP contribution < -0.4 is 9.80 Å². The molecular formula is C20H27ClN6. The minimum Gasteiger partial charge on any atom is -0.353 e. The highest BCUT2D eigenvalue weighted by atomic mass is 35.5. The Morgan fingerprint density at radius 1 is 0.852 bits per heavy atom. The Bertz CT molecular complexity index is 693. The second-order valence-electron chi connectivity index (χ2n) is 6.91. The van der Waals surface area contributed by atoms with Crippen molar-refractivity contribution in [3.05, 3.63) is 11.2 Å². The predicted octanol–water partition coefficient (Wildman–Crippen LogP) is 1.42. The summed E-state index contributed by atoms with van der Waals surface area (Å²) in [7, 11) is 0. The van der Waals surface area contributed by atoms with Gasteiger partial charge in [-0.2, -0.15) is 4.98 Å². The first-order chi connectivity index (χ1) is 13.2. The molecule has 144 valence electrons. The lowest BCUT2D eigenvalue weighted by Crippen LogP contribution is -2.48. The lowest BCUT2D eigenvalue weighted by Gasteiger charge is -2.37. The lowest BCUT2D eigenvalue weighted by atomic mass is 10.3. The Morgan fingerprint density at radius 3 is 1.89 bits per heavy atom. The number of rotatable bonds is 6. The Morgan fingerprint density at radius 2 is 1.37 bits per heavy atom. The van der Waals surface area contributed by atoms with Crippen LogP contribution in [-0.4, -0.2) is 85.2 Å². The molecule has 7 heteroatoms. The second-order valence-corrected chi connectivity index (χ2v) is 7.31. The van der Waals surface area contributed by atoms with Gasteiger partial charge in [-0.15, -0.1) is 24.7 Å². The maximum Gasteiger partial charge on any atom is 0.227 e. The second kappa shape index (κ2) is 9.80. The van der Waals surface area contributed by atoms with Crippen molar-refractivity contribution in [3.8, 4) is 24.7 Å². The van der Waals surface area contributed by atoms with Crippen LogP contribution >= 0.6 is 11.6 Å². The molecule has 27 heavy (non-hydrogen) atoms. The fourth-order valence-corrected chi connectivity index (χ4v) is 3.73. The van der Waals surface area contributed by atoms with Crippen LogP contribution in [0.3, 0.4) is 0 Å². The summed E-state index contributed by atoms with van der Waals surface area (Å²) in [6.45, 7) is 9.46. The van der Waals surface area contributed by atoms with Gasteiger partial charge in [0.25, 0.3) is 0 Å². The molecule has 0 aromatic carbocycles. The van der Waals surface area contributed by atoms with Gasteiger partial charge in [0.05, 0.1) is 6.20 Å². The van der Waals surface area contributed by atoms with Crippen LogP contribution in [0.2, 0.25) is 5.02 Å². The summed E-state index contributed by atoms with van der Waals surface area (Å²) in [4.78, 5) is 18.5. The van der Waals surface area contributed by atoms with Gasteiger partial charge in [-0.1, -0.05) is 11.6 Å². The fraction of sp³-hybridized carbons (Fsp3) is 0.600. The zero-order chi connectivity index (χ0) is 19.1. The van der Waals surface area contributed by atoms with Crippen LogP contribution in [-0.2, 0) is 0 Å². The van der Waals surface area contributed by atoms with Gasteiger partial charge in [0.15, 0.2) is 5.82 Å². The third-order valence-corrected chi connectivity index (χ3v) is 5.45. The highest BCUT2D eigenvalue weighted by molar-refractivity contribution is 6.32. The van der Waals surface area contributed by atoms with Crippen molar-refractivity contribution in [2.75, 3.05) is 75.2 Å². The SMILES string of the molecule is C#CCCN1CCN(c2ncc(Cl)c(N3CCN(CCC#C)CC3)n2)CC1. The van der Waals surface area contributed by atoms with Gasteiger partial charge >= 0.3 is 0 Å². The van der Waals surface area contributed by atoms with Gasteiger partial charge in [-0.3, -0.25) is 9.80 Å². The molecule has 0 aliphatic carbocycles. The summed E-state index contributed by atoms with van der Waals surface area (Å²) in [6.07, 6.45) is 14.1. The third-order valence-electron chi connectivity index (χ3n) is 5.18. The van der Waals surface area contributed by atoms with Gasteiger partial charge in [0, 0.05) is 78.3 Å². The average Bonchev–Trinajstić information content (AvgIpc) is 2.72. The van der Waals surface area contributed by atoms with E-state index < -0.39 is 0 Å². The molecule has 0 radical (unpaired) electrons. The zero-order valence-electron chi connectivity index (χ0n) is 15.8. The standard InChI is InChI=1S/C20H27ClN6/c1-3-5-7-24-9-13-26(14-10-24)19-18(21)17-22-20(23-19)27-15-11-25(12-16-27)8-6-4-2/h1-2,17H,5-16H2. The molecule has 3 heterocycles. The van der Waals surface area contributed by atoms with Crippen LogP contribution in [0.5, 0.6) is 0 Å². The molecule has 2 fully saturated rings. The molecule has 2 saturated heterocycles. The number of nitrogens with zero attached hydrogens (tertiary/aromatic N) is 6. The van der Waals surface area contributed by atoms with Gasteiger partial charge in [0.1, 0.15) is 5.02 Å². The monoisotopic (exact) mass is 386 g/mol. The minimum atomic E-state index is 0.614. The number of piperazine rings is 2. The molecule has 0 spiro atoms. The Labute approximate surface area is 167 Å². The molecule has 0 bridgehead atoms. The van der Waals surface area contributed by atoms with Crippen LogP contribution in [0, 0.1) is 24.7 Å². The molecule has 1 aromatic rings. The van der Waals surface area contributed by atoms with Gasteiger partial charge in [-0.05, 0) is 0 Å². The molecular weight excluding hydrogens is 360 g/mol. The molecule has 6 nitrogen and oxygen atoms in total. The highest BCUT2D eigenvalue weighted by Crippen LogP contribution is 2.26. The molecule has 0 atom stereocenters. The van der Waals surface area contributed by atoms with E-state index in [0.717, 1.165) is 90.1 Å². The van der Waals surface area contributed by atoms with E-state index in [4.69, 9.17) is 29.4 Å². The summed E-state index contributed by atoms with van der Waals surface area (Å²) in [6, 6.07) is 0. The van der Waals surface area contributed by atoms with E-state index in [9.17, 15) is 0 Å². The summed E-state index contributed by atoms with van der Waals surface area (Å²) < 4.78 is 0. The first kappa shape index (κ1) is 19.8. The molecule has 1 aromatic heterocycles. The van der Waals surface area contributed by atoms with E-state index >= 15 is 0 Å². The quantitative estimate of drug-likeness (QED) is 0.688. The van der Waals surface area contributed by atoms with E-state index in [1.807, 2.05) is 0 Å². The first-order valence-corrected chi connectivity index (χ1v) is 9.93. The Balaban J connectivity index is 1.59.